The molecule has 1 saturated heterocycles. The number of anilines is 3. The second-order valence-corrected chi connectivity index (χ2v) is 8.42. The lowest BCUT2D eigenvalue weighted by molar-refractivity contribution is 0.465. The number of nitrogens with one attached hydrogen (secondary N) is 2. The Balaban J connectivity index is 1.71. The fraction of sp³-hybridized carbons (Fsp3) is 0.273. The maximum atomic E-state index is 15.9. The summed E-state index contributed by atoms with van der Waals surface area (Å²) in [7, 11) is 0. The molecule has 4 heterocycles. The normalized spacial score (nSPS) is 20.5. The highest BCUT2D eigenvalue weighted by molar-refractivity contribution is 6.30. The van der Waals surface area contributed by atoms with Gasteiger partial charge in [0.05, 0.1) is 22.9 Å². The van der Waals surface area contributed by atoms with Crippen LogP contribution in [-0.2, 0) is 5.41 Å². The summed E-state index contributed by atoms with van der Waals surface area (Å²) in [5.74, 6) is -1.67. The van der Waals surface area contributed by atoms with Gasteiger partial charge in [-0.2, -0.15) is 0 Å². The van der Waals surface area contributed by atoms with Crippen molar-refractivity contribution in [1.82, 2.24) is 15.3 Å². The van der Waals surface area contributed by atoms with Gasteiger partial charge in [-0.25, -0.2) is 23.1 Å². The van der Waals surface area contributed by atoms with Gasteiger partial charge in [0.2, 0.25) is 0 Å². The van der Waals surface area contributed by atoms with Crippen molar-refractivity contribution in [3.05, 3.63) is 76.3 Å². The van der Waals surface area contributed by atoms with Gasteiger partial charge in [-0.05, 0) is 25.1 Å². The molecule has 1 fully saturated rings. The van der Waals surface area contributed by atoms with Crippen LogP contribution in [0.3, 0.4) is 0 Å². The highest BCUT2D eigenvalue weighted by Gasteiger charge is 2.47. The summed E-state index contributed by atoms with van der Waals surface area (Å²) in [5, 5.41) is 6.13. The fourth-order valence-electron chi connectivity index (χ4n) is 4.29. The zero-order chi connectivity index (χ0) is 21.8. The molecule has 2 aliphatic heterocycles. The molecule has 2 aromatic heterocycles. The zero-order valence-electron chi connectivity index (χ0n) is 16.6. The zero-order valence-corrected chi connectivity index (χ0v) is 17.3. The van der Waals surface area contributed by atoms with Crippen molar-refractivity contribution in [2.24, 2.45) is 0 Å². The van der Waals surface area contributed by atoms with Crippen LogP contribution < -0.4 is 15.5 Å². The third kappa shape index (κ3) is 3.13. The number of nitrogens with zero attached hydrogens (tertiary/aromatic N) is 3. The van der Waals surface area contributed by atoms with E-state index in [1.807, 2.05) is 0 Å². The van der Waals surface area contributed by atoms with E-state index in [2.05, 4.69) is 20.6 Å². The molecule has 0 bridgehead atoms. The van der Waals surface area contributed by atoms with Crippen molar-refractivity contribution < 1.29 is 13.2 Å². The van der Waals surface area contributed by atoms with E-state index in [0.29, 0.717) is 18.8 Å². The van der Waals surface area contributed by atoms with Gasteiger partial charge in [-0.3, -0.25) is 0 Å². The average molecular weight is 446 g/mol. The lowest BCUT2D eigenvalue weighted by atomic mass is 9.77. The van der Waals surface area contributed by atoms with E-state index in [0.717, 1.165) is 0 Å². The van der Waals surface area contributed by atoms with Crippen LogP contribution in [0, 0.1) is 17.5 Å². The van der Waals surface area contributed by atoms with Gasteiger partial charge in [0.15, 0.2) is 23.3 Å². The summed E-state index contributed by atoms with van der Waals surface area (Å²) in [4.78, 5) is 9.93. The van der Waals surface area contributed by atoms with E-state index in [1.165, 1.54) is 35.5 Å². The minimum absolute atomic E-state index is 0.0278. The average Bonchev–Trinajstić information content (AvgIpc) is 3.02. The van der Waals surface area contributed by atoms with Gasteiger partial charge in [-0.1, -0.05) is 23.7 Å². The van der Waals surface area contributed by atoms with Gasteiger partial charge in [0.1, 0.15) is 5.82 Å². The van der Waals surface area contributed by atoms with Crippen LogP contribution in [-0.4, -0.2) is 35.6 Å². The van der Waals surface area contributed by atoms with Crippen molar-refractivity contribution in [2.75, 3.05) is 29.9 Å². The van der Waals surface area contributed by atoms with Crippen LogP contribution in [0.5, 0.6) is 0 Å². The first-order valence-electron chi connectivity index (χ1n) is 9.89. The first-order chi connectivity index (χ1) is 14.9. The number of benzene rings is 1. The van der Waals surface area contributed by atoms with Gasteiger partial charge in [0.25, 0.3) is 0 Å². The number of halogens is 4. The first-order valence-corrected chi connectivity index (χ1v) is 10.3. The molecule has 0 radical (unpaired) electrons. The molecule has 1 atom stereocenters. The van der Waals surface area contributed by atoms with Crippen LogP contribution in [0.1, 0.15) is 18.1 Å². The maximum absolute atomic E-state index is 15.9. The monoisotopic (exact) mass is 445 g/mol. The Bertz CT molecular complexity index is 1170. The lowest BCUT2D eigenvalue weighted by Crippen LogP contribution is -2.51. The SMILES string of the molecule is C[C@]1(c2cccc(Cl)c2F)CN(c2ncccc2F)c2cnc(NC3CNC3)c(F)c21. The van der Waals surface area contributed by atoms with Crippen LogP contribution in [0.2, 0.25) is 5.02 Å². The lowest BCUT2D eigenvalue weighted by Gasteiger charge is -2.30. The summed E-state index contributed by atoms with van der Waals surface area (Å²) < 4.78 is 45.6. The predicted octanol–water partition coefficient (Wildman–Crippen LogP) is 4.39. The van der Waals surface area contributed by atoms with Gasteiger partial charge < -0.3 is 15.5 Å². The topological polar surface area (TPSA) is 53.1 Å². The van der Waals surface area contributed by atoms with E-state index >= 15 is 8.78 Å². The van der Waals surface area contributed by atoms with Crippen molar-refractivity contribution in [3.8, 4) is 0 Å². The number of fused-ring (bicyclic) bond motifs is 1. The van der Waals surface area contributed by atoms with Crippen LogP contribution in [0.4, 0.5) is 30.5 Å². The highest BCUT2D eigenvalue weighted by Crippen LogP contribution is 2.50. The molecule has 0 saturated carbocycles. The van der Waals surface area contributed by atoms with Crippen molar-refractivity contribution >= 4 is 28.9 Å². The molecule has 9 heteroatoms. The van der Waals surface area contributed by atoms with Crippen molar-refractivity contribution in [3.63, 3.8) is 0 Å². The Morgan fingerprint density at radius 1 is 1.13 bits per heavy atom. The summed E-state index contributed by atoms with van der Waals surface area (Å²) in [6.07, 6.45) is 2.94. The molecule has 0 unspecified atom stereocenters. The van der Waals surface area contributed by atoms with E-state index in [4.69, 9.17) is 11.6 Å². The standard InChI is InChI=1S/C22H19ClF3N5/c1-22(13-4-2-5-14(23)18(13)25)11-31(21-15(24)6-3-7-28-21)16-10-29-20(19(26)17(16)22)30-12-8-27-9-12/h2-7,10,12,27H,8-9,11H2,1H3,(H,29,30)/t22-/m1/s1. The van der Waals surface area contributed by atoms with E-state index in [9.17, 15) is 4.39 Å². The second kappa shape index (κ2) is 7.39. The Morgan fingerprint density at radius 3 is 2.65 bits per heavy atom. The smallest absolute Gasteiger partial charge is 0.171 e. The fourth-order valence-corrected chi connectivity index (χ4v) is 4.46. The molecule has 0 aliphatic carbocycles. The Hall–Kier alpha value is -2.84. The maximum Gasteiger partial charge on any atom is 0.171 e. The van der Waals surface area contributed by atoms with Crippen molar-refractivity contribution in [2.45, 2.75) is 18.4 Å². The molecular formula is C22H19ClF3N5. The number of pyridine rings is 2. The predicted molar refractivity (Wildman–Crippen MR) is 114 cm³/mol. The van der Waals surface area contributed by atoms with Crippen LogP contribution >= 0.6 is 11.6 Å². The van der Waals surface area contributed by atoms with Gasteiger partial charge >= 0.3 is 0 Å². The minimum atomic E-state index is -1.16. The first kappa shape index (κ1) is 20.1. The van der Waals surface area contributed by atoms with E-state index in [1.54, 1.807) is 19.1 Å². The number of hydrogen-bond acceptors (Lipinski definition) is 5. The van der Waals surface area contributed by atoms with E-state index in [-0.39, 0.29) is 40.4 Å². The number of rotatable bonds is 4. The van der Waals surface area contributed by atoms with Gasteiger partial charge in [-0.15, -0.1) is 0 Å². The highest BCUT2D eigenvalue weighted by atomic mass is 35.5. The molecule has 0 amide bonds. The molecule has 2 N–H and O–H groups in total. The molecule has 0 spiro atoms. The number of aromatic nitrogens is 2. The Labute approximate surface area is 182 Å². The molecule has 5 nitrogen and oxygen atoms in total. The molecule has 1 aromatic carbocycles. The van der Waals surface area contributed by atoms with Gasteiger partial charge in [0, 0.05) is 42.4 Å². The third-order valence-corrected chi connectivity index (χ3v) is 6.27. The molecule has 160 valence electrons. The van der Waals surface area contributed by atoms with Crippen LogP contribution in [0.15, 0.2) is 42.7 Å². The van der Waals surface area contributed by atoms with Crippen molar-refractivity contribution in [1.29, 1.82) is 0 Å². The summed E-state index contributed by atoms with van der Waals surface area (Å²) in [5.41, 5.74) is -0.366. The Kier molecular flexibility index (Phi) is 4.79. The number of hydrogen-bond donors (Lipinski definition) is 2. The van der Waals surface area contributed by atoms with Crippen LogP contribution in [0.25, 0.3) is 0 Å². The minimum Gasteiger partial charge on any atom is -0.362 e. The molecule has 31 heavy (non-hydrogen) atoms. The third-order valence-electron chi connectivity index (χ3n) is 5.98. The summed E-state index contributed by atoms with van der Waals surface area (Å²) >= 11 is 6.04. The Morgan fingerprint density at radius 2 is 1.94 bits per heavy atom. The summed E-state index contributed by atoms with van der Waals surface area (Å²) in [6.45, 7) is 3.19. The molecule has 3 aromatic rings. The van der Waals surface area contributed by atoms with E-state index < -0.39 is 22.9 Å². The second-order valence-electron chi connectivity index (χ2n) is 8.01. The molecule has 5 rings (SSSR count). The summed E-state index contributed by atoms with van der Waals surface area (Å²) in [6, 6.07) is 7.44. The largest absolute Gasteiger partial charge is 0.362 e. The molecular weight excluding hydrogens is 427 g/mol. The molecule has 2 aliphatic rings. The quantitative estimate of drug-likeness (QED) is 0.624.